The lowest BCUT2D eigenvalue weighted by molar-refractivity contribution is -0.127. The summed E-state index contributed by atoms with van der Waals surface area (Å²) in [4.78, 5) is 24.8. The summed E-state index contributed by atoms with van der Waals surface area (Å²) in [6.07, 6.45) is 2.82. The molecule has 0 bridgehead atoms. The van der Waals surface area contributed by atoms with Crippen LogP contribution >= 0.6 is 0 Å². The van der Waals surface area contributed by atoms with Crippen molar-refractivity contribution >= 4 is 17.5 Å². The van der Waals surface area contributed by atoms with Crippen LogP contribution in [0.1, 0.15) is 25.7 Å². The maximum absolute atomic E-state index is 12.1. The minimum Gasteiger partial charge on any atom is -0.380 e. The number of hydrogen-bond donors (Lipinski definition) is 1. The van der Waals surface area contributed by atoms with Crippen molar-refractivity contribution in [2.75, 3.05) is 20.2 Å². The summed E-state index contributed by atoms with van der Waals surface area (Å²) in [5.74, 6) is -0.207. The molecule has 2 amide bonds. The first-order valence-electron chi connectivity index (χ1n) is 5.88. The van der Waals surface area contributed by atoms with Gasteiger partial charge >= 0.3 is 0 Å². The lowest BCUT2D eigenvalue weighted by atomic mass is 10.1. The second-order valence-electron chi connectivity index (χ2n) is 4.34. The Hall–Kier alpha value is -1.43. The molecule has 1 fully saturated rings. The maximum atomic E-state index is 12.1. The van der Waals surface area contributed by atoms with E-state index in [2.05, 4.69) is 10.5 Å². The van der Waals surface area contributed by atoms with Crippen molar-refractivity contribution in [3.05, 3.63) is 0 Å². The standard InChI is InChI=1S/C11H17N3O3/c1-17-8-3-2-6-14(7-8)11(16)9-4-5-10(15)13-12-9/h8H,2-7H2,1H3,(H,13,15). The molecule has 2 heterocycles. The summed E-state index contributed by atoms with van der Waals surface area (Å²) < 4.78 is 5.27. The van der Waals surface area contributed by atoms with E-state index in [1.165, 1.54) is 0 Å². The molecule has 0 saturated carbocycles. The third-order valence-electron chi connectivity index (χ3n) is 3.15. The normalized spacial score (nSPS) is 25.2. The molecule has 1 saturated heterocycles. The van der Waals surface area contributed by atoms with Crippen molar-refractivity contribution < 1.29 is 14.3 Å². The highest BCUT2D eigenvalue weighted by Gasteiger charge is 2.28. The average Bonchev–Trinajstić information content (AvgIpc) is 2.39. The first kappa shape index (κ1) is 12.0. The van der Waals surface area contributed by atoms with E-state index in [9.17, 15) is 9.59 Å². The minimum atomic E-state index is -0.130. The molecular formula is C11H17N3O3. The third-order valence-corrected chi connectivity index (χ3v) is 3.15. The predicted molar refractivity (Wildman–Crippen MR) is 61.4 cm³/mol. The smallest absolute Gasteiger partial charge is 0.270 e. The Morgan fingerprint density at radius 2 is 2.35 bits per heavy atom. The fraction of sp³-hybridized carbons (Fsp3) is 0.727. The van der Waals surface area contributed by atoms with Crippen LogP contribution in [-0.2, 0) is 14.3 Å². The molecule has 0 spiro atoms. The number of nitrogens with zero attached hydrogens (tertiary/aromatic N) is 2. The molecule has 0 aromatic heterocycles. The van der Waals surface area contributed by atoms with Gasteiger partial charge in [0.25, 0.3) is 5.91 Å². The number of methoxy groups -OCH3 is 1. The summed E-state index contributed by atoms with van der Waals surface area (Å²) in [6, 6.07) is 0. The molecule has 6 nitrogen and oxygen atoms in total. The van der Waals surface area contributed by atoms with Crippen LogP contribution in [0, 0.1) is 0 Å². The zero-order valence-corrected chi connectivity index (χ0v) is 9.94. The van der Waals surface area contributed by atoms with Crippen LogP contribution in [-0.4, -0.2) is 48.7 Å². The molecule has 6 heteroatoms. The second kappa shape index (κ2) is 5.27. The van der Waals surface area contributed by atoms with Gasteiger partial charge in [-0.25, -0.2) is 5.43 Å². The third kappa shape index (κ3) is 2.82. The van der Waals surface area contributed by atoms with E-state index in [1.54, 1.807) is 12.0 Å². The molecule has 0 aliphatic carbocycles. The molecule has 1 N–H and O–H groups in total. The summed E-state index contributed by atoms with van der Waals surface area (Å²) in [6.45, 7) is 1.36. The number of hydrazone groups is 1. The van der Waals surface area contributed by atoms with E-state index in [4.69, 9.17) is 4.74 Å². The van der Waals surface area contributed by atoms with Gasteiger partial charge < -0.3 is 9.64 Å². The molecule has 17 heavy (non-hydrogen) atoms. The van der Waals surface area contributed by atoms with E-state index < -0.39 is 0 Å². The van der Waals surface area contributed by atoms with Gasteiger partial charge in [-0.05, 0) is 12.8 Å². The van der Waals surface area contributed by atoms with Crippen LogP contribution < -0.4 is 5.43 Å². The Morgan fingerprint density at radius 3 is 3.00 bits per heavy atom. The Bertz CT molecular complexity index is 354. The summed E-state index contributed by atoms with van der Waals surface area (Å²) in [5, 5.41) is 3.82. The summed E-state index contributed by atoms with van der Waals surface area (Å²) in [5.41, 5.74) is 2.79. The van der Waals surface area contributed by atoms with Crippen LogP contribution in [0.15, 0.2) is 5.10 Å². The van der Waals surface area contributed by atoms with Gasteiger partial charge in [-0.15, -0.1) is 0 Å². The van der Waals surface area contributed by atoms with Crippen molar-refractivity contribution in [2.45, 2.75) is 31.8 Å². The molecule has 94 valence electrons. The van der Waals surface area contributed by atoms with Gasteiger partial charge in [0.2, 0.25) is 5.91 Å². The van der Waals surface area contributed by atoms with Crippen molar-refractivity contribution in [1.82, 2.24) is 10.3 Å². The van der Waals surface area contributed by atoms with Gasteiger partial charge in [-0.2, -0.15) is 5.10 Å². The number of likely N-dealkylation sites (tertiary alicyclic amines) is 1. The maximum Gasteiger partial charge on any atom is 0.270 e. The number of nitrogens with one attached hydrogen (secondary N) is 1. The molecular weight excluding hydrogens is 222 g/mol. The fourth-order valence-corrected chi connectivity index (χ4v) is 2.13. The number of carbonyl (C=O) groups is 2. The van der Waals surface area contributed by atoms with Crippen LogP contribution in [0.4, 0.5) is 0 Å². The van der Waals surface area contributed by atoms with Crippen molar-refractivity contribution in [3.63, 3.8) is 0 Å². The topological polar surface area (TPSA) is 71.0 Å². The molecule has 1 atom stereocenters. The van der Waals surface area contributed by atoms with E-state index in [0.717, 1.165) is 19.4 Å². The average molecular weight is 239 g/mol. The highest BCUT2D eigenvalue weighted by Crippen LogP contribution is 2.14. The van der Waals surface area contributed by atoms with E-state index in [0.29, 0.717) is 25.1 Å². The number of carbonyl (C=O) groups excluding carboxylic acids is 2. The number of piperidine rings is 1. The fourth-order valence-electron chi connectivity index (χ4n) is 2.13. The van der Waals surface area contributed by atoms with Gasteiger partial charge in [0, 0.05) is 33.0 Å². The first-order valence-corrected chi connectivity index (χ1v) is 5.88. The zero-order chi connectivity index (χ0) is 12.3. The van der Waals surface area contributed by atoms with E-state index in [1.807, 2.05) is 0 Å². The monoisotopic (exact) mass is 239 g/mol. The first-order chi connectivity index (χ1) is 8.20. The van der Waals surface area contributed by atoms with Crippen LogP contribution in [0.25, 0.3) is 0 Å². The number of ether oxygens (including phenoxy) is 1. The van der Waals surface area contributed by atoms with Crippen molar-refractivity contribution in [2.24, 2.45) is 5.10 Å². The predicted octanol–water partition coefficient (Wildman–Crippen LogP) is -0.110. The quantitative estimate of drug-likeness (QED) is 0.731. The van der Waals surface area contributed by atoms with Gasteiger partial charge in [0.05, 0.1) is 6.10 Å². The van der Waals surface area contributed by atoms with Gasteiger partial charge in [0.1, 0.15) is 5.71 Å². The van der Waals surface area contributed by atoms with Gasteiger partial charge in [0.15, 0.2) is 0 Å². The molecule has 2 aliphatic rings. The molecule has 2 rings (SSSR count). The zero-order valence-electron chi connectivity index (χ0n) is 9.94. The Balaban J connectivity index is 1.97. The number of hydrogen-bond acceptors (Lipinski definition) is 4. The lowest BCUT2D eigenvalue weighted by Crippen LogP contribution is -2.47. The van der Waals surface area contributed by atoms with Crippen molar-refractivity contribution in [3.8, 4) is 0 Å². The summed E-state index contributed by atoms with van der Waals surface area (Å²) in [7, 11) is 1.66. The van der Waals surface area contributed by atoms with Gasteiger partial charge in [-0.1, -0.05) is 0 Å². The Labute approximate surface area is 100.0 Å². The largest absolute Gasteiger partial charge is 0.380 e. The molecule has 2 aliphatic heterocycles. The number of amides is 2. The second-order valence-corrected chi connectivity index (χ2v) is 4.34. The van der Waals surface area contributed by atoms with Gasteiger partial charge in [-0.3, -0.25) is 9.59 Å². The number of rotatable bonds is 2. The highest BCUT2D eigenvalue weighted by atomic mass is 16.5. The Morgan fingerprint density at radius 1 is 1.53 bits per heavy atom. The minimum absolute atomic E-state index is 0.0771. The van der Waals surface area contributed by atoms with Crippen LogP contribution in [0.3, 0.4) is 0 Å². The molecule has 1 unspecified atom stereocenters. The molecule has 0 aromatic carbocycles. The van der Waals surface area contributed by atoms with E-state index >= 15 is 0 Å². The SMILES string of the molecule is COC1CCCN(C(=O)C2=NNC(=O)CC2)C1. The van der Waals surface area contributed by atoms with Crippen LogP contribution in [0.5, 0.6) is 0 Å². The summed E-state index contributed by atoms with van der Waals surface area (Å²) >= 11 is 0. The lowest BCUT2D eigenvalue weighted by Gasteiger charge is -2.32. The highest BCUT2D eigenvalue weighted by molar-refractivity contribution is 6.39. The van der Waals surface area contributed by atoms with Crippen LogP contribution in [0.2, 0.25) is 0 Å². The van der Waals surface area contributed by atoms with E-state index in [-0.39, 0.29) is 17.9 Å². The van der Waals surface area contributed by atoms with Crippen molar-refractivity contribution in [1.29, 1.82) is 0 Å². The Kier molecular flexibility index (Phi) is 3.73. The molecule has 0 aromatic rings. The molecule has 0 radical (unpaired) electrons.